The van der Waals surface area contributed by atoms with Crippen LogP contribution in [0.4, 0.5) is 5.69 Å². The largest absolute Gasteiger partial charge is 0.467 e. The van der Waals surface area contributed by atoms with Gasteiger partial charge in [-0.2, -0.15) is 0 Å². The molecule has 2 heterocycles. The quantitative estimate of drug-likeness (QED) is 0.222. The Hall–Kier alpha value is -2.88. The van der Waals surface area contributed by atoms with Gasteiger partial charge in [-0.05, 0) is 24.3 Å². The number of thioether (sulfide) groups is 1. The van der Waals surface area contributed by atoms with Gasteiger partial charge in [0.2, 0.25) is 0 Å². The van der Waals surface area contributed by atoms with Gasteiger partial charge in [-0.1, -0.05) is 29.4 Å². The van der Waals surface area contributed by atoms with Gasteiger partial charge in [0.05, 0.1) is 11.5 Å². The first-order valence-corrected chi connectivity index (χ1v) is 10.4. The number of aromatic nitrogens is 3. The molecule has 0 N–H and O–H groups in total. The van der Waals surface area contributed by atoms with Crippen LogP contribution in [0.15, 0.2) is 54.2 Å². The van der Waals surface area contributed by atoms with Crippen molar-refractivity contribution in [3.05, 3.63) is 75.3 Å². The standard InChI is InChI=1S/C20H17ClN4O4S/c1-2-7-24-19(13-3-5-16(21)6-4-13)22-23-20(24)30-11-15-9-17(25(26)27)8-14-10-28-12-29-18(14)15/h2-6,8-9H,1,7,10-12H2. The van der Waals surface area contributed by atoms with Gasteiger partial charge in [-0.3, -0.25) is 14.7 Å². The second kappa shape index (κ2) is 8.86. The maximum Gasteiger partial charge on any atom is 0.270 e. The molecule has 0 aliphatic carbocycles. The molecule has 1 aliphatic rings. The molecule has 154 valence electrons. The van der Waals surface area contributed by atoms with E-state index < -0.39 is 4.92 Å². The lowest BCUT2D eigenvalue weighted by atomic mass is 10.1. The number of nitro benzene ring substituents is 1. The SMILES string of the molecule is C=CCn1c(SCc2cc([N+](=O)[O-])cc3c2OCOC3)nnc1-c1ccc(Cl)cc1. The number of fused-ring (bicyclic) bond motifs is 1. The van der Waals surface area contributed by atoms with Crippen molar-refractivity contribution in [2.24, 2.45) is 0 Å². The van der Waals surface area contributed by atoms with Crippen molar-refractivity contribution in [1.82, 2.24) is 14.8 Å². The van der Waals surface area contributed by atoms with Crippen molar-refractivity contribution in [1.29, 1.82) is 0 Å². The molecule has 0 fully saturated rings. The summed E-state index contributed by atoms with van der Waals surface area (Å²) in [6.45, 7) is 4.74. The number of nitro groups is 1. The molecule has 0 saturated carbocycles. The van der Waals surface area contributed by atoms with Crippen LogP contribution in [-0.2, 0) is 23.6 Å². The lowest BCUT2D eigenvalue weighted by Gasteiger charge is -2.20. The molecule has 0 saturated heterocycles. The maximum absolute atomic E-state index is 11.3. The average molecular weight is 445 g/mol. The first-order chi connectivity index (χ1) is 14.6. The molecule has 2 aromatic carbocycles. The molecular formula is C20H17ClN4O4S. The van der Waals surface area contributed by atoms with Gasteiger partial charge >= 0.3 is 0 Å². The van der Waals surface area contributed by atoms with Gasteiger partial charge in [-0.15, -0.1) is 16.8 Å². The van der Waals surface area contributed by atoms with E-state index in [1.807, 2.05) is 16.7 Å². The van der Waals surface area contributed by atoms with E-state index in [2.05, 4.69) is 16.8 Å². The van der Waals surface area contributed by atoms with Crippen LogP contribution < -0.4 is 4.74 Å². The Morgan fingerprint density at radius 2 is 2.10 bits per heavy atom. The minimum atomic E-state index is -0.415. The molecule has 1 aliphatic heterocycles. The Morgan fingerprint density at radius 1 is 1.30 bits per heavy atom. The number of rotatable bonds is 7. The molecule has 0 radical (unpaired) electrons. The summed E-state index contributed by atoms with van der Waals surface area (Å²) in [5.74, 6) is 1.76. The summed E-state index contributed by atoms with van der Waals surface area (Å²) >= 11 is 7.41. The fourth-order valence-electron chi connectivity index (χ4n) is 3.14. The molecular weight excluding hydrogens is 428 g/mol. The molecule has 0 spiro atoms. The lowest BCUT2D eigenvalue weighted by molar-refractivity contribution is -0.385. The second-order valence-electron chi connectivity index (χ2n) is 6.46. The van der Waals surface area contributed by atoms with Crippen LogP contribution in [0.2, 0.25) is 5.02 Å². The number of ether oxygens (including phenoxy) is 2. The van der Waals surface area contributed by atoms with Crippen LogP contribution in [0.3, 0.4) is 0 Å². The summed E-state index contributed by atoms with van der Waals surface area (Å²) in [5, 5.41) is 21.3. The van der Waals surface area contributed by atoms with Gasteiger partial charge in [-0.25, -0.2) is 0 Å². The van der Waals surface area contributed by atoms with Crippen molar-refractivity contribution >= 4 is 29.1 Å². The maximum atomic E-state index is 11.3. The Kier molecular flexibility index (Phi) is 6.03. The average Bonchev–Trinajstić information content (AvgIpc) is 3.15. The normalized spacial score (nSPS) is 12.8. The fourth-order valence-corrected chi connectivity index (χ4v) is 4.18. The summed E-state index contributed by atoms with van der Waals surface area (Å²) < 4.78 is 12.8. The van der Waals surface area contributed by atoms with E-state index in [1.165, 1.54) is 23.9 Å². The van der Waals surface area contributed by atoms with E-state index in [9.17, 15) is 10.1 Å². The highest BCUT2D eigenvalue weighted by Crippen LogP contribution is 2.36. The summed E-state index contributed by atoms with van der Waals surface area (Å²) in [6, 6.07) is 10.4. The fraction of sp³-hybridized carbons (Fsp3) is 0.200. The number of allylic oxidation sites excluding steroid dienone is 1. The summed E-state index contributed by atoms with van der Waals surface area (Å²) in [4.78, 5) is 10.9. The molecule has 30 heavy (non-hydrogen) atoms. The third-order valence-electron chi connectivity index (χ3n) is 4.47. The van der Waals surface area contributed by atoms with E-state index in [-0.39, 0.29) is 19.1 Å². The molecule has 0 unspecified atom stereocenters. The summed E-state index contributed by atoms with van der Waals surface area (Å²) in [6.07, 6.45) is 1.77. The number of halogens is 1. The van der Waals surface area contributed by atoms with Crippen LogP contribution in [0.25, 0.3) is 11.4 Å². The second-order valence-corrected chi connectivity index (χ2v) is 7.84. The third-order valence-corrected chi connectivity index (χ3v) is 5.74. The number of non-ortho nitro benzene ring substituents is 1. The van der Waals surface area contributed by atoms with Gasteiger partial charge in [0.25, 0.3) is 5.69 Å². The molecule has 1 aromatic heterocycles. The number of hydrogen-bond acceptors (Lipinski definition) is 7. The van der Waals surface area contributed by atoms with Crippen molar-refractivity contribution in [3.8, 4) is 17.1 Å². The third kappa shape index (κ3) is 4.18. The van der Waals surface area contributed by atoms with Crippen LogP contribution in [0.1, 0.15) is 11.1 Å². The topological polar surface area (TPSA) is 92.3 Å². The number of benzene rings is 2. The van der Waals surface area contributed by atoms with E-state index >= 15 is 0 Å². The molecule has 0 bridgehead atoms. The molecule has 3 aromatic rings. The zero-order chi connectivity index (χ0) is 21.1. The highest BCUT2D eigenvalue weighted by atomic mass is 35.5. The minimum Gasteiger partial charge on any atom is -0.467 e. The molecule has 4 rings (SSSR count). The molecule has 0 amide bonds. The molecule has 10 heteroatoms. The van der Waals surface area contributed by atoms with Crippen LogP contribution in [0, 0.1) is 10.1 Å². The van der Waals surface area contributed by atoms with Gasteiger partial charge in [0.1, 0.15) is 5.75 Å². The predicted octanol–water partition coefficient (Wildman–Crippen LogP) is 4.85. The van der Waals surface area contributed by atoms with Gasteiger partial charge in [0, 0.05) is 46.1 Å². The Labute approximate surface area is 181 Å². The van der Waals surface area contributed by atoms with E-state index in [0.29, 0.717) is 45.2 Å². The van der Waals surface area contributed by atoms with Crippen LogP contribution in [-0.4, -0.2) is 26.5 Å². The summed E-state index contributed by atoms with van der Waals surface area (Å²) in [5.41, 5.74) is 2.27. The van der Waals surface area contributed by atoms with E-state index in [4.69, 9.17) is 21.1 Å². The molecule has 0 atom stereocenters. The Balaban J connectivity index is 1.64. The molecule has 8 nitrogen and oxygen atoms in total. The smallest absolute Gasteiger partial charge is 0.270 e. The minimum absolute atomic E-state index is 0.00728. The highest BCUT2D eigenvalue weighted by Gasteiger charge is 2.22. The van der Waals surface area contributed by atoms with Crippen molar-refractivity contribution in [2.45, 2.75) is 24.1 Å². The van der Waals surface area contributed by atoms with E-state index in [0.717, 1.165) is 5.56 Å². The zero-order valence-corrected chi connectivity index (χ0v) is 17.4. The monoisotopic (exact) mass is 444 g/mol. The Bertz CT molecular complexity index is 1100. The lowest BCUT2D eigenvalue weighted by Crippen LogP contribution is -2.13. The van der Waals surface area contributed by atoms with Crippen molar-refractivity contribution < 1.29 is 14.4 Å². The zero-order valence-electron chi connectivity index (χ0n) is 15.8. The van der Waals surface area contributed by atoms with Gasteiger partial charge in [0.15, 0.2) is 17.8 Å². The summed E-state index contributed by atoms with van der Waals surface area (Å²) in [7, 11) is 0. The van der Waals surface area contributed by atoms with Gasteiger partial charge < -0.3 is 9.47 Å². The van der Waals surface area contributed by atoms with Crippen molar-refractivity contribution in [2.75, 3.05) is 6.79 Å². The predicted molar refractivity (Wildman–Crippen MR) is 114 cm³/mol. The van der Waals surface area contributed by atoms with Crippen LogP contribution >= 0.6 is 23.4 Å². The first-order valence-electron chi connectivity index (χ1n) is 9.00. The first kappa shape index (κ1) is 20.4. The highest BCUT2D eigenvalue weighted by molar-refractivity contribution is 7.98. The number of nitrogens with zero attached hydrogens (tertiary/aromatic N) is 4. The Morgan fingerprint density at radius 3 is 2.83 bits per heavy atom. The number of hydrogen-bond donors (Lipinski definition) is 0. The van der Waals surface area contributed by atoms with E-state index in [1.54, 1.807) is 18.2 Å². The van der Waals surface area contributed by atoms with Crippen molar-refractivity contribution in [3.63, 3.8) is 0 Å². The van der Waals surface area contributed by atoms with Crippen LogP contribution in [0.5, 0.6) is 5.75 Å².